The van der Waals surface area contributed by atoms with Crippen molar-refractivity contribution in [1.29, 1.82) is 0 Å². The van der Waals surface area contributed by atoms with E-state index in [0.717, 1.165) is 27.4 Å². The number of para-hydroxylation sites is 1. The third-order valence-electron chi connectivity index (χ3n) is 6.13. The third kappa shape index (κ3) is 3.13. The van der Waals surface area contributed by atoms with Gasteiger partial charge in [-0.1, -0.05) is 48.2 Å². The fourth-order valence-electron chi connectivity index (χ4n) is 4.62. The average molecular weight is 536 g/mol. The van der Waals surface area contributed by atoms with Gasteiger partial charge in [-0.05, 0) is 63.8 Å². The van der Waals surface area contributed by atoms with Gasteiger partial charge in [0.2, 0.25) is 0 Å². The van der Waals surface area contributed by atoms with E-state index >= 15 is 0 Å². The first-order valence-corrected chi connectivity index (χ1v) is 12.1. The highest BCUT2D eigenvalue weighted by atomic mass is 79.9. The zero-order valence-corrected chi connectivity index (χ0v) is 19.8. The van der Waals surface area contributed by atoms with Gasteiger partial charge in [0.05, 0.1) is 11.6 Å². The lowest BCUT2D eigenvalue weighted by Crippen LogP contribution is -2.24. The molecule has 6 rings (SSSR count). The number of benzene rings is 3. The van der Waals surface area contributed by atoms with Gasteiger partial charge < -0.3 is 9.52 Å². The minimum Gasteiger partial charge on any atom is -0.505 e. The molecule has 0 fully saturated rings. The first kappa shape index (κ1) is 21.2. The Labute approximate surface area is 204 Å². The number of pyridine rings is 1. The molecule has 1 N–H and O–H groups in total. The first-order chi connectivity index (χ1) is 16.4. The van der Waals surface area contributed by atoms with Crippen LogP contribution in [0.2, 0.25) is 0 Å². The molecule has 0 bridgehead atoms. The van der Waals surface area contributed by atoms with E-state index in [1.165, 1.54) is 12.1 Å². The van der Waals surface area contributed by atoms with Crippen LogP contribution in [0.25, 0.3) is 21.9 Å². The van der Waals surface area contributed by atoms with E-state index in [1.54, 1.807) is 28.8 Å². The molecule has 2 aromatic heterocycles. The van der Waals surface area contributed by atoms with Crippen LogP contribution >= 0.6 is 27.7 Å². The highest BCUT2D eigenvalue weighted by Gasteiger charge is 2.31. The summed E-state index contributed by atoms with van der Waals surface area (Å²) in [6.07, 6.45) is 0.526. The first-order valence-electron chi connectivity index (χ1n) is 10.5. The van der Waals surface area contributed by atoms with Crippen LogP contribution in [-0.4, -0.2) is 9.67 Å². The molecule has 3 aromatic carbocycles. The molecule has 1 unspecified atom stereocenters. The molecule has 0 saturated carbocycles. The van der Waals surface area contributed by atoms with Crippen LogP contribution in [0.5, 0.6) is 5.75 Å². The normalized spacial score (nSPS) is 14.8. The average Bonchev–Trinajstić information content (AvgIpc) is 3.22. The maximum absolute atomic E-state index is 13.8. The molecule has 0 spiro atoms. The quantitative estimate of drug-likeness (QED) is 0.286. The van der Waals surface area contributed by atoms with Crippen molar-refractivity contribution in [3.05, 3.63) is 109 Å². The van der Waals surface area contributed by atoms with Crippen molar-refractivity contribution in [2.45, 2.75) is 22.3 Å². The summed E-state index contributed by atoms with van der Waals surface area (Å²) in [6, 6.07) is 18.5. The van der Waals surface area contributed by atoms with Gasteiger partial charge in [-0.15, -0.1) is 0 Å². The maximum atomic E-state index is 13.8. The number of aromatic hydroxyl groups is 1. The molecule has 0 radical (unpaired) electrons. The molecule has 0 saturated heterocycles. The van der Waals surface area contributed by atoms with Gasteiger partial charge in [-0.3, -0.25) is 9.36 Å². The largest absolute Gasteiger partial charge is 0.505 e. The highest BCUT2D eigenvalue weighted by molar-refractivity contribution is 9.10. The van der Waals surface area contributed by atoms with E-state index < -0.39 is 16.9 Å². The van der Waals surface area contributed by atoms with Crippen molar-refractivity contribution < 1.29 is 13.9 Å². The topological polar surface area (TPSA) is 72.4 Å². The minimum atomic E-state index is -0.719. The molecule has 5 nitrogen and oxygen atoms in total. The summed E-state index contributed by atoms with van der Waals surface area (Å²) in [5.74, 6) is -0.763. The molecule has 34 heavy (non-hydrogen) atoms. The van der Waals surface area contributed by atoms with Crippen LogP contribution in [0.3, 0.4) is 0 Å². The van der Waals surface area contributed by atoms with Crippen LogP contribution in [-0.2, 0) is 6.42 Å². The third-order valence-corrected chi connectivity index (χ3v) is 8.22. The van der Waals surface area contributed by atoms with Crippen LogP contribution < -0.4 is 11.2 Å². The van der Waals surface area contributed by atoms with E-state index in [1.807, 2.05) is 30.3 Å². The number of hydrogen-bond acceptors (Lipinski definition) is 5. The zero-order chi connectivity index (χ0) is 23.6. The van der Waals surface area contributed by atoms with Crippen molar-refractivity contribution >= 4 is 49.6 Å². The van der Waals surface area contributed by atoms with E-state index in [9.17, 15) is 19.1 Å². The molecule has 0 aliphatic carbocycles. The van der Waals surface area contributed by atoms with Gasteiger partial charge in [0.15, 0.2) is 11.3 Å². The Kier molecular flexibility index (Phi) is 4.89. The summed E-state index contributed by atoms with van der Waals surface area (Å²) in [4.78, 5) is 27.4. The molecule has 5 aromatic rings. The molecule has 1 atom stereocenters. The number of aromatic nitrogens is 1. The summed E-state index contributed by atoms with van der Waals surface area (Å²) < 4.78 is 21.6. The van der Waals surface area contributed by atoms with Gasteiger partial charge >= 0.3 is 5.63 Å². The lowest BCUT2D eigenvalue weighted by atomic mass is 10.0. The standard InChI is InChI=1S/C26H15BrFNO4S/c27-17-6-1-2-7-19(17)34-24-22(30)20-23(33-26(24)32)16-5-3-4-14-12-18(29(21(14)16)25(20)31)13-8-10-15(28)11-9-13/h1-11,18,30H,12H2. The monoisotopic (exact) mass is 535 g/mol. The van der Waals surface area contributed by atoms with Crippen molar-refractivity contribution in [3.63, 3.8) is 0 Å². The Hall–Kier alpha value is -3.36. The molecule has 0 amide bonds. The van der Waals surface area contributed by atoms with Gasteiger partial charge in [-0.2, -0.15) is 0 Å². The summed E-state index contributed by atoms with van der Waals surface area (Å²) in [5.41, 5.74) is 1.24. The second-order valence-electron chi connectivity index (χ2n) is 8.06. The molecule has 168 valence electrons. The van der Waals surface area contributed by atoms with Crippen LogP contribution in [0.15, 0.2) is 95.0 Å². The Balaban J connectivity index is 1.66. The molecule has 8 heteroatoms. The van der Waals surface area contributed by atoms with Crippen molar-refractivity contribution in [2.24, 2.45) is 0 Å². The number of nitrogens with zero attached hydrogens (tertiary/aromatic N) is 1. The van der Waals surface area contributed by atoms with E-state index in [4.69, 9.17) is 4.42 Å². The minimum absolute atomic E-state index is 0.0483. The Morgan fingerprint density at radius 2 is 1.79 bits per heavy atom. The highest BCUT2D eigenvalue weighted by Crippen LogP contribution is 2.42. The van der Waals surface area contributed by atoms with E-state index in [2.05, 4.69) is 15.9 Å². The van der Waals surface area contributed by atoms with E-state index in [-0.39, 0.29) is 27.7 Å². The SMILES string of the molecule is O=c1oc2c(c(O)c1Sc1ccccc1Br)c(=O)n1c3c(cccc23)CC1c1ccc(F)cc1. The molecular formula is C26H15BrFNO4S. The van der Waals surface area contributed by atoms with Crippen molar-refractivity contribution in [3.8, 4) is 5.75 Å². The fraction of sp³-hybridized carbons (Fsp3) is 0.0769. The smallest absolute Gasteiger partial charge is 0.354 e. The second kappa shape index (κ2) is 7.85. The van der Waals surface area contributed by atoms with Crippen LogP contribution in [0.4, 0.5) is 4.39 Å². The molecule has 3 heterocycles. The van der Waals surface area contributed by atoms with Gasteiger partial charge in [0.1, 0.15) is 16.1 Å². The maximum Gasteiger partial charge on any atom is 0.354 e. The lowest BCUT2D eigenvalue weighted by molar-refractivity contribution is 0.446. The number of halogens is 2. The predicted octanol–water partition coefficient (Wildman–Crippen LogP) is 6.01. The molecular weight excluding hydrogens is 521 g/mol. The number of rotatable bonds is 3. The summed E-state index contributed by atoms with van der Waals surface area (Å²) in [5, 5.41) is 11.7. The predicted molar refractivity (Wildman–Crippen MR) is 132 cm³/mol. The Morgan fingerprint density at radius 3 is 2.56 bits per heavy atom. The van der Waals surface area contributed by atoms with Gasteiger partial charge in [0, 0.05) is 14.8 Å². The van der Waals surface area contributed by atoms with Crippen molar-refractivity contribution in [2.75, 3.05) is 0 Å². The van der Waals surface area contributed by atoms with Crippen LogP contribution in [0, 0.1) is 5.82 Å². The number of hydrogen-bond donors (Lipinski definition) is 1. The van der Waals surface area contributed by atoms with E-state index in [0.29, 0.717) is 22.2 Å². The van der Waals surface area contributed by atoms with Crippen molar-refractivity contribution in [1.82, 2.24) is 4.57 Å². The summed E-state index contributed by atoms with van der Waals surface area (Å²) >= 11 is 4.47. The van der Waals surface area contributed by atoms with Gasteiger partial charge in [-0.25, -0.2) is 9.18 Å². The molecule has 1 aliphatic rings. The lowest BCUT2D eigenvalue weighted by Gasteiger charge is -2.17. The van der Waals surface area contributed by atoms with Crippen LogP contribution in [0.1, 0.15) is 17.2 Å². The second-order valence-corrected chi connectivity index (χ2v) is 9.97. The van der Waals surface area contributed by atoms with Gasteiger partial charge in [0.25, 0.3) is 5.56 Å². The Bertz CT molecular complexity index is 1740. The summed E-state index contributed by atoms with van der Waals surface area (Å²) in [6.45, 7) is 0. The number of fused-ring (bicyclic) bond motifs is 2. The Morgan fingerprint density at radius 1 is 1.03 bits per heavy atom. The fourth-order valence-corrected chi connectivity index (χ4v) is 6.00. The zero-order valence-electron chi connectivity index (χ0n) is 17.4. The summed E-state index contributed by atoms with van der Waals surface area (Å²) in [7, 11) is 0. The molecule has 1 aliphatic heterocycles.